The summed E-state index contributed by atoms with van der Waals surface area (Å²) in [6.45, 7) is 11.6. The minimum absolute atomic E-state index is 0.450. The summed E-state index contributed by atoms with van der Waals surface area (Å²) < 4.78 is 0. The Kier molecular flexibility index (Phi) is 4.29. The fourth-order valence-electron chi connectivity index (χ4n) is 2.51. The van der Waals surface area contributed by atoms with Crippen molar-refractivity contribution in [2.24, 2.45) is 11.5 Å². The molecule has 0 bridgehead atoms. The highest BCUT2D eigenvalue weighted by atomic mass is 14.6. The Bertz CT molecular complexity index is 700. The number of hydrogen-bond donors (Lipinski definition) is 2. The van der Waals surface area contributed by atoms with E-state index in [0.29, 0.717) is 17.8 Å². The second kappa shape index (κ2) is 6.14. The molecule has 1 aliphatic rings. The van der Waals surface area contributed by atoms with E-state index in [1.807, 2.05) is 30.4 Å². The molecule has 1 aromatic carbocycles. The van der Waals surface area contributed by atoms with Crippen LogP contribution in [-0.4, -0.2) is 0 Å². The zero-order valence-corrected chi connectivity index (χ0v) is 12.1. The van der Waals surface area contributed by atoms with Crippen molar-refractivity contribution in [2.45, 2.75) is 6.42 Å². The van der Waals surface area contributed by atoms with Gasteiger partial charge in [-0.05, 0) is 22.3 Å². The first-order valence-electron chi connectivity index (χ1n) is 6.77. The van der Waals surface area contributed by atoms with Crippen molar-refractivity contribution in [3.8, 4) is 0 Å². The van der Waals surface area contributed by atoms with Crippen LogP contribution in [0.1, 0.15) is 17.5 Å². The van der Waals surface area contributed by atoms with E-state index in [2.05, 4.69) is 37.9 Å². The van der Waals surface area contributed by atoms with Crippen molar-refractivity contribution < 1.29 is 0 Å². The second-order valence-corrected chi connectivity index (χ2v) is 4.93. The largest absolute Gasteiger partial charge is 0.402 e. The lowest BCUT2D eigenvalue weighted by Gasteiger charge is -2.16. The molecule has 4 N–H and O–H groups in total. The van der Waals surface area contributed by atoms with Crippen molar-refractivity contribution in [1.82, 2.24) is 0 Å². The average Bonchev–Trinajstić information content (AvgIpc) is 2.62. The minimum atomic E-state index is 0.450. The first-order chi connectivity index (χ1) is 10.1. The number of hydrogen-bond acceptors (Lipinski definition) is 2. The smallest absolute Gasteiger partial charge is 0.0268 e. The lowest BCUT2D eigenvalue weighted by atomic mass is 9.90. The van der Waals surface area contributed by atoms with Crippen LogP contribution in [0.5, 0.6) is 0 Å². The summed E-state index contributed by atoms with van der Waals surface area (Å²) >= 11 is 0. The molecule has 0 aromatic heterocycles. The Balaban J connectivity index is 2.80. The van der Waals surface area contributed by atoms with Gasteiger partial charge in [0, 0.05) is 23.4 Å². The SMILES string of the molecule is C=CC1=C(C=C)/C(=C(\N)CC(=C)N)c2ccccc2C=C1. The van der Waals surface area contributed by atoms with Crippen LogP contribution in [-0.2, 0) is 0 Å². The van der Waals surface area contributed by atoms with Crippen molar-refractivity contribution in [1.29, 1.82) is 0 Å². The van der Waals surface area contributed by atoms with Gasteiger partial charge < -0.3 is 11.5 Å². The Hall–Kier alpha value is -2.74. The van der Waals surface area contributed by atoms with E-state index in [9.17, 15) is 0 Å². The number of nitrogens with two attached hydrogens (primary N) is 2. The molecule has 0 amide bonds. The maximum Gasteiger partial charge on any atom is 0.0268 e. The second-order valence-electron chi connectivity index (χ2n) is 4.93. The fraction of sp³-hybridized carbons (Fsp3) is 0.0526. The predicted molar refractivity (Wildman–Crippen MR) is 91.9 cm³/mol. The molecule has 0 unspecified atom stereocenters. The third kappa shape index (κ3) is 2.90. The molecule has 2 rings (SSSR count). The Morgan fingerprint density at radius 3 is 2.38 bits per heavy atom. The predicted octanol–water partition coefficient (Wildman–Crippen LogP) is 3.91. The van der Waals surface area contributed by atoms with Gasteiger partial charge >= 0.3 is 0 Å². The molecule has 1 aromatic rings. The lowest BCUT2D eigenvalue weighted by molar-refractivity contribution is 1.07. The highest BCUT2D eigenvalue weighted by molar-refractivity contribution is 5.91. The summed E-state index contributed by atoms with van der Waals surface area (Å²) in [7, 11) is 0. The summed E-state index contributed by atoms with van der Waals surface area (Å²) in [6, 6.07) is 8.11. The van der Waals surface area contributed by atoms with E-state index in [0.717, 1.165) is 27.8 Å². The molecule has 2 nitrogen and oxygen atoms in total. The minimum Gasteiger partial charge on any atom is -0.402 e. The molecule has 0 saturated heterocycles. The van der Waals surface area contributed by atoms with E-state index < -0.39 is 0 Å². The van der Waals surface area contributed by atoms with Gasteiger partial charge in [-0.2, -0.15) is 0 Å². The van der Waals surface area contributed by atoms with Crippen LogP contribution >= 0.6 is 0 Å². The first kappa shape index (κ1) is 14.7. The molecule has 1 aliphatic carbocycles. The van der Waals surface area contributed by atoms with Gasteiger partial charge in [-0.15, -0.1) is 0 Å². The first-order valence-corrected chi connectivity index (χ1v) is 6.77. The maximum atomic E-state index is 6.31. The Morgan fingerprint density at radius 1 is 1.05 bits per heavy atom. The molecule has 0 spiro atoms. The highest BCUT2D eigenvalue weighted by Gasteiger charge is 2.17. The van der Waals surface area contributed by atoms with Crippen molar-refractivity contribution in [3.63, 3.8) is 0 Å². The van der Waals surface area contributed by atoms with Gasteiger partial charge in [-0.3, -0.25) is 0 Å². The molecule has 0 saturated carbocycles. The Labute approximate surface area is 126 Å². The molecular weight excluding hydrogens is 256 g/mol. The number of benzene rings is 1. The van der Waals surface area contributed by atoms with Gasteiger partial charge in [-0.1, -0.05) is 68.3 Å². The van der Waals surface area contributed by atoms with Gasteiger partial charge in [0.15, 0.2) is 0 Å². The number of rotatable bonds is 4. The third-order valence-corrected chi connectivity index (χ3v) is 3.42. The van der Waals surface area contributed by atoms with E-state index in [1.54, 1.807) is 0 Å². The topological polar surface area (TPSA) is 52.0 Å². The van der Waals surface area contributed by atoms with E-state index in [-0.39, 0.29) is 0 Å². The van der Waals surface area contributed by atoms with Gasteiger partial charge in [0.2, 0.25) is 0 Å². The molecule has 2 heteroatoms. The van der Waals surface area contributed by atoms with E-state index >= 15 is 0 Å². The van der Waals surface area contributed by atoms with Crippen LogP contribution in [0.4, 0.5) is 0 Å². The monoisotopic (exact) mass is 276 g/mol. The van der Waals surface area contributed by atoms with Gasteiger partial charge in [-0.25, -0.2) is 0 Å². The van der Waals surface area contributed by atoms with Crippen LogP contribution in [0.15, 0.2) is 84.8 Å². The molecule has 0 radical (unpaired) electrons. The highest BCUT2D eigenvalue weighted by Crippen LogP contribution is 2.35. The summed E-state index contributed by atoms with van der Waals surface area (Å²) in [4.78, 5) is 0. The molecule has 106 valence electrons. The number of fused-ring (bicyclic) bond motifs is 1. The standard InChI is InChI=1S/C19H20N2/c1-4-14-10-11-15-8-6-7-9-17(15)19(16(14)5-2)18(21)12-13(3)20/h4-11H,1-3,12,20-21H2/b19-18+. The van der Waals surface area contributed by atoms with Crippen LogP contribution in [0.3, 0.4) is 0 Å². The summed E-state index contributed by atoms with van der Waals surface area (Å²) in [5.41, 5.74) is 18.3. The molecule has 0 fully saturated rings. The molecule has 21 heavy (non-hydrogen) atoms. The van der Waals surface area contributed by atoms with Gasteiger partial charge in [0.1, 0.15) is 0 Å². The van der Waals surface area contributed by atoms with E-state index in [4.69, 9.17) is 11.5 Å². The van der Waals surface area contributed by atoms with Crippen LogP contribution in [0.25, 0.3) is 11.6 Å². The lowest BCUT2D eigenvalue weighted by Crippen LogP contribution is -2.09. The normalized spacial score (nSPS) is 16.0. The van der Waals surface area contributed by atoms with Crippen molar-refractivity contribution in [2.75, 3.05) is 0 Å². The summed E-state index contributed by atoms with van der Waals surface area (Å²) in [5, 5.41) is 0. The van der Waals surface area contributed by atoms with Gasteiger partial charge in [0.25, 0.3) is 0 Å². The summed E-state index contributed by atoms with van der Waals surface area (Å²) in [6.07, 6.45) is 8.16. The zero-order valence-electron chi connectivity index (χ0n) is 12.1. The molecule has 0 heterocycles. The Morgan fingerprint density at radius 2 is 1.76 bits per heavy atom. The number of allylic oxidation sites excluding steroid dienone is 6. The fourth-order valence-corrected chi connectivity index (χ4v) is 2.51. The average molecular weight is 276 g/mol. The van der Waals surface area contributed by atoms with Crippen molar-refractivity contribution >= 4 is 11.6 Å². The van der Waals surface area contributed by atoms with Crippen LogP contribution < -0.4 is 11.5 Å². The molecule has 0 aliphatic heterocycles. The van der Waals surface area contributed by atoms with Crippen LogP contribution in [0, 0.1) is 0 Å². The molecular formula is C19H20N2. The van der Waals surface area contributed by atoms with E-state index in [1.165, 1.54) is 0 Å². The molecule has 0 atom stereocenters. The third-order valence-electron chi connectivity index (χ3n) is 3.42. The zero-order chi connectivity index (χ0) is 15.4. The van der Waals surface area contributed by atoms with Gasteiger partial charge in [0.05, 0.1) is 0 Å². The van der Waals surface area contributed by atoms with Crippen molar-refractivity contribution in [3.05, 3.63) is 95.9 Å². The summed E-state index contributed by atoms with van der Waals surface area (Å²) in [5.74, 6) is 0. The quantitative estimate of drug-likeness (QED) is 0.876. The van der Waals surface area contributed by atoms with Crippen LogP contribution in [0.2, 0.25) is 0 Å². The maximum absolute atomic E-state index is 6.31.